The minimum Gasteiger partial charge on any atom is -0.393 e. The van der Waals surface area contributed by atoms with Crippen LogP contribution in [0.25, 0.3) is 0 Å². The van der Waals surface area contributed by atoms with Gasteiger partial charge in [0.05, 0.1) is 18.1 Å². The molecule has 0 aromatic heterocycles. The van der Waals surface area contributed by atoms with Crippen LogP contribution < -0.4 is 16.8 Å². The summed E-state index contributed by atoms with van der Waals surface area (Å²) in [5.41, 5.74) is 11.2. The third-order valence-corrected chi connectivity index (χ3v) is 4.90. The summed E-state index contributed by atoms with van der Waals surface area (Å²) in [5.74, 6) is -1.96. The standard InChI is InChI=1S/C20H39N3O4/c1-5-6-7-15(8-10-21)18(25)12-16(14(4)24)20(27)23-17(9-11-22)19(26)13(2)3/h13-17,24H,5-12,21-22H2,1-4H3,(H,23,27)/t14?,15?,16-,17-/m0/s1. The summed E-state index contributed by atoms with van der Waals surface area (Å²) in [5, 5.41) is 12.8. The Kier molecular flexibility index (Phi) is 13.1. The SMILES string of the molecule is CCCCC(CCN)C(=O)C[C@H](C(=O)N[C@@H](CCN)C(=O)C(C)C)C(C)O. The van der Waals surface area contributed by atoms with Crippen LogP contribution in [0.4, 0.5) is 0 Å². The van der Waals surface area contributed by atoms with Crippen molar-refractivity contribution in [3.05, 3.63) is 0 Å². The number of aliphatic hydroxyl groups is 1. The lowest BCUT2D eigenvalue weighted by Gasteiger charge is -2.25. The van der Waals surface area contributed by atoms with Crippen LogP contribution in [0.5, 0.6) is 0 Å². The maximum atomic E-state index is 12.7. The van der Waals surface area contributed by atoms with Gasteiger partial charge < -0.3 is 21.9 Å². The third kappa shape index (κ3) is 9.44. The lowest BCUT2D eigenvalue weighted by molar-refractivity contribution is -0.137. The quantitative estimate of drug-likeness (QED) is 0.334. The van der Waals surface area contributed by atoms with Crippen molar-refractivity contribution in [1.29, 1.82) is 0 Å². The fourth-order valence-electron chi connectivity index (χ4n) is 3.12. The number of rotatable bonds is 15. The van der Waals surface area contributed by atoms with Crippen molar-refractivity contribution in [2.45, 2.75) is 78.4 Å². The summed E-state index contributed by atoms with van der Waals surface area (Å²) < 4.78 is 0. The number of aliphatic hydroxyl groups excluding tert-OH is 1. The molecule has 158 valence electrons. The summed E-state index contributed by atoms with van der Waals surface area (Å²) in [4.78, 5) is 37.6. The van der Waals surface area contributed by atoms with Crippen LogP contribution in [0, 0.1) is 17.8 Å². The molecule has 0 aliphatic carbocycles. The molecule has 0 heterocycles. The molecule has 0 aliphatic heterocycles. The van der Waals surface area contributed by atoms with Gasteiger partial charge in [0.15, 0.2) is 5.78 Å². The smallest absolute Gasteiger partial charge is 0.226 e. The van der Waals surface area contributed by atoms with Crippen molar-refractivity contribution >= 4 is 17.5 Å². The van der Waals surface area contributed by atoms with E-state index in [2.05, 4.69) is 12.2 Å². The lowest BCUT2D eigenvalue weighted by atomic mass is 9.86. The topological polar surface area (TPSA) is 136 Å². The summed E-state index contributed by atoms with van der Waals surface area (Å²) in [7, 11) is 0. The molecule has 2 unspecified atom stereocenters. The lowest BCUT2D eigenvalue weighted by Crippen LogP contribution is -2.48. The highest BCUT2D eigenvalue weighted by Crippen LogP contribution is 2.20. The summed E-state index contributed by atoms with van der Waals surface area (Å²) in [6.07, 6.45) is 2.50. The van der Waals surface area contributed by atoms with Gasteiger partial charge in [-0.15, -0.1) is 0 Å². The number of nitrogens with one attached hydrogen (secondary N) is 1. The summed E-state index contributed by atoms with van der Waals surface area (Å²) >= 11 is 0. The van der Waals surface area contributed by atoms with E-state index in [1.165, 1.54) is 6.92 Å². The Balaban J connectivity index is 5.14. The first kappa shape index (κ1) is 25.7. The minimum absolute atomic E-state index is 0.0525. The fraction of sp³-hybridized carbons (Fsp3) is 0.850. The Labute approximate surface area is 163 Å². The van der Waals surface area contributed by atoms with E-state index in [-0.39, 0.29) is 36.4 Å². The van der Waals surface area contributed by atoms with Crippen LogP contribution in [0.15, 0.2) is 0 Å². The second-order valence-electron chi connectivity index (χ2n) is 7.63. The number of carbonyl (C=O) groups is 3. The van der Waals surface area contributed by atoms with Crippen molar-refractivity contribution in [1.82, 2.24) is 5.32 Å². The molecule has 0 saturated carbocycles. The van der Waals surface area contributed by atoms with Crippen LogP contribution in [-0.2, 0) is 14.4 Å². The number of carbonyl (C=O) groups excluding carboxylic acids is 3. The van der Waals surface area contributed by atoms with Gasteiger partial charge in [0, 0.05) is 18.3 Å². The van der Waals surface area contributed by atoms with Gasteiger partial charge in [-0.05, 0) is 39.3 Å². The normalized spacial score (nSPS) is 15.9. The Morgan fingerprint density at radius 3 is 2.04 bits per heavy atom. The van der Waals surface area contributed by atoms with Crippen molar-refractivity contribution in [3.63, 3.8) is 0 Å². The highest BCUT2D eigenvalue weighted by Gasteiger charge is 2.32. The number of hydrogen-bond acceptors (Lipinski definition) is 6. The molecule has 0 spiro atoms. The predicted molar refractivity (Wildman–Crippen MR) is 107 cm³/mol. The fourth-order valence-corrected chi connectivity index (χ4v) is 3.12. The second kappa shape index (κ2) is 13.8. The number of unbranched alkanes of at least 4 members (excludes halogenated alkanes) is 1. The molecule has 0 aliphatic rings. The van der Waals surface area contributed by atoms with E-state index in [9.17, 15) is 19.5 Å². The third-order valence-electron chi connectivity index (χ3n) is 4.90. The highest BCUT2D eigenvalue weighted by molar-refractivity contribution is 5.93. The van der Waals surface area contributed by atoms with Gasteiger partial charge in [0.2, 0.25) is 5.91 Å². The molecule has 1 amide bonds. The Hall–Kier alpha value is -1.31. The average Bonchev–Trinajstić information content (AvgIpc) is 2.61. The first-order valence-electron chi connectivity index (χ1n) is 10.1. The van der Waals surface area contributed by atoms with E-state index in [0.717, 1.165) is 19.3 Å². The first-order chi connectivity index (χ1) is 12.7. The molecule has 0 fully saturated rings. The van der Waals surface area contributed by atoms with Gasteiger partial charge in [-0.1, -0.05) is 33.6 Å². The number of amides is 1. The molecule has 0 aromatic carbocycles. The summed E-state index contributed by atoms with van der Waals surface area (Å²) in [6, 6.07) is -0.696. The zero-order valence-corrected chi connectivity index (χ0v) is 17.4. The van der Waals surface area contributed by atoms with Gasteiger partial charge in [0.25, 0.3) is 0 Å². The second-order valence-corrected chi connectivity index (χ2v) is 7.63. The van der Waals surface area contributed by atoms with E-state index < -0.39 is 24.0 Å². The molecule has 6 N–H and O–H groups in total. The number of hydrogen-bond donors (Lipinski definition) is 4. The van der Waals surface area contributed by atoms with Crippen LogP contribution in [0.1, 0.15) is 66.2 Å². The van der Waals surface area contributed by atoms with Crippen molar-refractivity contribution in [2.75, 3.05) is 13.1 Å². The molecule has 0 saturated heterocycles. The van der Waals surface area contributed by atoms with E-state index in [0.29, 0.717) is 19.4 Å². The predicted octanol–water partition coefficient (Wildman–Crippen LogP) is 1.16. The Bertz CT molecular complexity index is 466. The van der Waals surface area contributed by atoms with Crippen molar-refractivity contribution < 1.29 is 19.5 Å². The molecular formula is C20H39N3O4. The van der Waals surface area contributed by atoms with E-state index in [1.54, 1.807) is 13.8 Å². The van der Waals surface area contributed by atoms with Gasteiger partial charge in [-0.25, -0.2) is 0 Å². The molecule has 7 nitrogen and oxygen atoms in total. The highest BCUT2D eigenvalue weighted by atomic mass is 16.3. The van der Waals surface area contributed by atoms with Gasteiger partial charge in [0.1, 0.15) is 5.78 Å². The van der Waals surface area contributed by atoms with Crippen LogP contribution >= 0.6 is 0 Å². The molecule has 0 aromatic rings. The number of ketones is 2. The number of Topliss-reactive ketones (excluding diaryl/α,β-unsaturated/α-hetero) is 2. The molecule has 27 heavy (non-hydrogen) atoms. The summed E-state index contributed by atoms with van der Waals surface area (Å²) in [6.45, 7) is 7.74. The maximum absolute atomic E-state index is 12.7. The van der Waals surface area contributed by atoms with E-state index >= 15 is 0 Å². The van der Waals surface area contributed by atoms with Crippen molar-refractivity contribution in [2.24, 2.45) is 29.2 Å². The largest absolute Gasteiger partial charge is 0.393 e. The van der Waals surface area contributed by atoms with Crippen LogP contribution in [0.2, 0.25) is 0 Å². The average molecular weight is 386 g/mol. The molecule has 0 radical (unpaired) electrons. The number of nitrogens with two attached hydrogens (primary N) is 2. The zero-order chi connectivity index (χ0) is 21.0. The first-order valence-corrected chi connectivity index (χ1v) is 10.1. The van der Waals surface area contributed by atoms with Crippen LogP contribution in [0.3, 0.4) is 0 Å². The molecule has 0 bridgehead atoms. The van der Waals surface area contributed by atoms with Gasteiger partial charge in [-0.3, -0.25) is 14.4 Å². The van der Waals surface area contributed by atoms with Gasteiger partial charge in [-0.2, -0.15) is 0 Å². The molecule has 4 atom stereocenters. The van der Waals surface area contributed by atoms with Gasteiger partial charge >= 0.3 is 0 Å². The van der Waals surface area contributed by atoms with E-state index in [4.69, 9.17) is 11.5 Å². The Morgan fingerprint density at radius 1 is 1.00 bits per heavy atom. The molecular weight excluding hydrogens is 346 g/mol. The molecule has 0 rings (SSSR count). The monoisotopic (exact) mass is 385 g/mol. The van der Waals surface area contributed by atoms with E-state index in [1.807, 2.05) is 0 Å². The van der Waals surface area contributed by atoms with Crippen LogP contribution in [-0.4, -0.2) is 47.8 Å². The molecule has 7 heteroatoms. The van der Waals surface area contributed by atoms with Crippen molar-refractivity contribution in [3.8, 4) is 0 Å². The Morgan fingerprint density at radius 2 is 1.59 bits per heavy atom. The minimum atomic E-state index is -0.994. The zero-order valence-electron chi connectivity index (χ0n) is 17.4. The maximum Gasteiger partial charge on any atom is 0.226 e.